The second-order valence-corrected chi connectivity index (χ2v) is 5.83. The fourth-order valence-corrected chi connectivity index (χ4v) is 2.65. The van der Waals surface area contributed by atoms with Crippen LogP contribution in [0.15, 0.2) is 23.7 Å². The zero-order valence-corrected chi connectivity index (χ0v) is 11.5. The molecule has 2 atom stereocenters. The van der Waals surface area contributed by atoms with Gasteiger partial charge in [-0.1, -0.05) is 28.9 Å². The number of hydrogen-bond acceptors (Lipinski definition) is 2. The zero-order valence-electron chi connectivity index (χ0n) is 9.90. The minimum absolute atomic E-state index is 0.104. The van der Waals surface area contributed by atoms with E-state index in [0.717, 1.165) is 37.9 Å². The van der Waals surface area contributed by atoms with Gasteiger partial charge < -0.3 is 9.69 Å². The van der Waals surface area contributed by atoms with Gasteiger partial charge in [0.25, 0.3) is 0 Å². The molecule has 2 aliphatic rings. The van der Waals surface area contributed by atoms with Crippen molar-refractivity contribution in [2.45, 2.75) is 24.6 Å². The Kier molecular flexibility index (Phi) is 4.02. The first-order valence-electron chi connectivity index (χ1n) is 6.05. The third kappa shape index (κ3) is 2.79. The van der Waals surface area contributed by atoms with Crippen molar-refractivity contribution in [2.24, 2.45) is 11.8 Å². The Morgan fingerprint density at radius 2 is 2.12 bits per heavy atom. The number of likely N-dealkylation sites (tertiary alicyclic amines) is 1. The van der Waals surface area contributed by atoms with Crippen LogP contribution in [0.4, 0.5) is 4.39 Å². The van der Waals surface area contributed by atoms with Crippen LogP contribution in [0.5, 0.6) is 0 Å². The lowest BCUT2D eigenvalue weighted by molar-refractivity contribution is -0.112. The van der Waals surface area contributed by atoms with E-state index in [2.05, 4.69) is 26.9 Å². The van der Waals surface area contributed by atoms with Crippen LogP contribution >= 0.6 is 15.9 Å². The number of rotatable bonds is 2. The van der Waals surface area contributed by atoms with Crippen LogP contribution in [0.1, 0.15) is 19.8 Å². The molecule has 1 saturated heterocycles. The Morgan fingerprint density at radius 3 is 2.65 bits per heavy atom. The van der Waals surface area contributed by atoms with E-state index in [4.69, 9.17) is 0 Å². The van der Waals surface area contributed by atoms with Crippen molar-refractivity contribution in [1.29, 1.82) is 0 Å². The van der Waals surface area contributed by atoms with Crippen LogP contribution in [-0.2, 0) is 4.79 Å². The molecule has 0 saturated carbocycles. The molecule has 1 aliphatic carbocycles. The summed E-state index contributed by atoms with van der Waals surface area (Å²) < 4.78 is 13.7. The van der Waals surface area contributed by atoms with E-state index in [1.54, 1.807) is 6.08 Å². The summed E-state index contributed by atoms with van der Waals surface area (Å²) in [4.78, 5) is 12.7. The average Bonchev–Trinajstić information content (AvgIpc) is 2.35. The Labute approximate surface area is 110 Å². The molecule has 1 heterocycles. The molecular formula is C13H17BrFNO. The zero-order chi connectivity index (χ0) is 12.4. The fourth-order valence-electron chi connectivity index (χ4n) is 2.36. The van der Waals surface area contributed by atoms with Gasteiger partial charge in [-0.05, 0) is 24.8 Å². The SMILES string of the molecule is CC1C=C(N2CCC(C=O)CC2)C=C(F)C1Br. The highest BCUT2D eigenvalue weighted by molar-refractivity contribution is 9.09. The number of hydrogen-bond donors (Lipinski definition) is 0. The van der Waals surface area contributed by atoms with E-state index in [1.807, 2.05) is 6.92 Å². The smallest absolute Gasteiger partial charge is 0.123 e. The maximum atomic E-state index is 13.7. The predicted molar refractivity (Wildman–Crippen MR) is 69.5 cm³/mol. The molecule has 2 rings (SSSR count). The topological polar surface area (TPSA) is 20.3 Å². The Bertz CT molecular complexity index is 358. The summed E-state index contributed by atoms with van der Waals surface area (Å²) in [6, 6.07) is 0. The molecule has 0 aromatic heterocycles. The lowest BCUT2D eigenvalue weighted by Gasteiger charge is -2.34. The summed E-state index contributed by atoms with van der Waals surface area (Å²) >= 11 is 3.34. The number of aldehydes is 1. The Morgan fingerprint density at radius 1 is 1.47 bits per heavy atom. The number of alkyl halides is 1. The molecule has 0 bridgehead atoms. The van der Waals surface area contributed by atoms with Gasteiger partial charge in [0.2, 0.25) is 0 Å². The van der Waals surface area contributed by atoms with Crippen LogP contribution in [0.3, 0.4) is 0 Å². The minimum Gasteiger partial charge on any atom is -0.372 e. The highest BCUT2D eigenvalue weighted by Crippen LogP contribution is 2.32. The number of piperidine rings is 1. The van der Waals surface area contributed by atoms with E-state index in [-0.39, 0.29) is 22.5 Å². The highest BCUT2D eigenvalue weighted by Gasteiger charge is 2.26. The molecule has 0 spiro atoms. The summed E-state index contributed by atoms with van der Waals surface area (Å²) in [6.45, 7) is 3.70. The minimum atomic E-state index is -0.196. The van der Waals surface area contributed by atoms with Crippen molar-refractivity contribution in [3.8, 4) is 0 Å². The first kappa shape index (κ1) is 12.8. The molecule has 17 heavy (non-hydrogen) atoms. The van der Waals surface area contributed by atoms with E-state index in [0.29, 0.717) is 0 Å². The van der Waals surface area contributed by atoms with Gasteiger partial charge in [-0.3, -0.25) is 0 Å². The summed E-state index contributed by atoms with van der Waals surface area (Å²) in [5.41, 5.74) is 0.968. The molecule has 2 nitrogen and oxygen atoms in total. The van der Waals surface area contributed by atoms with Crippen LogP contribution < -0.4 is 0 Å². The van der Waals surface area contributed by atoms with Crippen molar-refractivity contribution < 1.29 is 9.18 Å². The van der Waals surface area contributed by atoms with Gasteiger partial charge in [0.1, 0.15) is 12.1 Å². The molecule has 2 unspecified atom stereocenters. The van der Waals surface area contributed by atoms with Crippen LogP contribution in [0.2, 0.25) is 0 Å². The third-order valence-electron chi connectivity index (χ3n) is 3.54. The molecule has 1 fully saturated rings. The molecule has 0 aromatic carbocycles. The lowest BCUT2D eigenvalue weighted by atomic mass is 9.95. The van der Waals surface area contributed by atoms with Gasteiger partial charge in [0.15, 0.2) is 0 Å². The second-order valence-electron chi connectivity index (χ2n) is 4.84. The normalized spacial score (nSPS) is 30.9. The van der Waals surface area contributed by atoms with Gasteiger partial charge in [0, 0.05) is 24.7 Å². The van der Waals surface area contributed by atoms with Gasteiger partial charge in [-0.15, -0.1) is 0 Å². The highest BCUT2D eigenvalue weighted by atomic mass is 79.9. The molecule has 94 valence electrons. The van der Waals surface area contributed by atoms with Crippen molar-refractivity contribution in [1.82, 2.24) is 4.90 Å². The Balaban J connectivity index is 2.04. The van der Waals surface area contributed by atoms with Crippen LogP contribution in [0.25, 0.3) is 0 Å². The first-order chi connectivity index (χ1) is 8.11. The molecule has 1 aliphatic heterocycles. The first-order valence-corrected chi connectivity index (χ1v) is 6.96. The van der Waals surface area contributed by atoms with Crippen LogP contribution in [-0.4, -0.2) is 29.1 Å². The van der Waals surface area contributed by atoms with Crippen molar-refractivity contribution in [2.75, 3.05) is 13.1 Å². The maximum absolute atomic E-state index is 13.7. The number of allylic oxidation sites excluding steroid dienone is 3. The summed E-state index contributed by atoms with van der Waals surface area (Å²) in [7, 11) is 0. The average molecular weight is 302 g/mol. The molecule has 0 radical (unpaired) electrons. The fraction of sp³-hybridized carbons (Fsp3) is 0.615. The van der Waals surface area contributed by atoms with Crippen LogP contribution in [0, 0.1) is 11.8 Å². The Hall–Kier alpha value is -0.640. The molecular weight excluding hydrogens is 285 g/mol. The maximum Gasteiger partial charge on any atom is 0.123 e. The van der Waals surface area contributed by atoms with E-state index < -0.39 is 0 Å². The standard InChI is InChI=1S/C13H17BrFNO/c1-9-6-11(7-12(15)13(9)14)16-4-2-10(8-17)3-5-16/h6-10,13H,2-5H2,1H3. The monoisotopic (exact) mass is 301 g/mol. The summed E-state index contributed by atoms with van der Waals surface area (Å²) in [5, 5.41) is 0. The van der Waals surface area contributed by atoms with Gasteiger partial charge in [-0.2, -0.15) is 0 Å². The predicted octanol–water partition coefficient (Wildman–Crippen LogP) is 3.05. The summed E-state index contributed by atoms with van der Waals surface area (Å²) in [6.07, 6.45) is 6.51. The lowest BCUT2D eigenvalue weighted by Crippen LogP contribution is -2.34. The van der Waals surface area contributed by atoms with E-state index >= 15 is 0 Å². The molecule has 4 heteroatoms. The van der Waals surface area contributed by atoms with Gasteiger partial charge in [-0.25, -0.2) is 4.39 Å². The van der Waals surface area contributed by atoms with E-state index in [1.165, 1.54) is 0 Å². The molecule has 0 N–H and O–H groups in total. The van der Waals surface area contributed by atoms with Gasteiger partial charge >= 0.3 is 0 Å². The van der Waals surface area contributed by atoms with Crippen molar-refractivity contribution in [3.05, 3.63) is 23.7 Å². The molecule has 0 amide bonds. The third-order valence-corrected chi connectivity index (χ3v) is 4.81. The summed E-state index contributed by atoms with van der Waals surface area (Å²) in [5.74, 6) is 0.247. The quantitative estimate of drug-likeness (QED) is 0.577. The van der Waals surface area contributed by atoms with Crippen molar-refractivity contribution >= 4 is 22.2 Å². The number of nitrogens with zero attached hydrogens (tertiary/aromatic N) is 1. The van der Waals surface area contributed by atoms with Crippen molar-refractivity contribution in [3.63, 3.8) is 0 Å². The largest absolute Gasteiger partial charge is 0.372 e. The second kappa shape index (κ2) is 5.34. The number of halogens is 2. The van der Waals surface area contributed by atoms with Gasteiger partial charge in [0.05, 0.1) is 4.83 Å². The number of carbonyl (C=O) groups excluding carboxylic acids is 1. The van der Waals surface area contributed by atoms with E-state index in [9.17, 15) is 9.18 Å². The molecule has 0 aromatic rings. The number of carbonyl (C=O) groups is 1.